The quantitative estimate of drug-likeness (QED) is 0.458. The zero-order chi connectivity index (χ0) is 15.7. The van der Waals surface area contributed by atoms with Gasteiger partial charge in [0.15, 0.2) is 0 Å². The van der Waals surface area contributed by atoms with E-state index in [4.69, 9.17) is 9.47 Å². The molecule has 2 heteroatoms. The minimum Gasteiger partial charge on any atom is -0.366 e. The number of fused-ring (bicyclic) bond motifs is 2. The first kappa shape index (κ1) is 16.0. The Morgan fingerprint density at radius 1 is 1.09 bits per heavy atom. The van der Waals surface area contributed by atoms with E-state index in [9.17, 15) is 0 Å². The minimum atomic E-state index is 0.132. The summed E-state index contributed by atoms with van der Waals surface area (Å²) in [7, 11) is 0. The summed E-state index contributed by atoms with van der Waals surface area (Å²) in [5.41, 5.74) is 6.03. The van der Waals surface area contributed by atoms with Gasteiger partial charge in [-0.15, -0.1) is 0 Å². The molecule has 3 rings (SSSR count). The maximum absolute atomic E-state index is 5.99. The van der Waals surface area contributed by atoms with Crippen molar-refractivity contribution in [2.45, 2.75) is 84.0 Å². The summed E-state index contributed by atoms with van der Waals surface area (Å²) in [6, 6.07) is 0. The summed E-state index contributed by atoms with van der Waals surface area (Å²) in [6.07, 6.45) is 12.3. The highest BCUT2D eigenvalue weighted by atomic mass is 16.6. The fourth-order valence-electron chi connectivity index (χ4n) is 3.77. The van der Waals surface area contributed by atoms with Crippen molar-refractivity contribution in [1.29, 1.82) is 0 Å². The Bertz CT molecular complexity index is 526. The Balaban J connectivity index is 1.76. The summed E-state index contributed by atoms with van der Waals surface area (Å²) in [5, 5.41) is 0. The van der Waals surface area contributed by atoms with E-state index < -0.39 is 0 Å². The van der Waals surface area contributed by atoms with Crippen LogP contribution in [0, 0.1) is 0 Å². The lowest BCUT2D eigenvalue weighted by Gasteiger charge is -2.14. The Morgan fingerprint density at radius 3 is 2.73 bits per heavy atom. The fraction of sp³-hybridized carbons (Fsp3) is 0.700. The zero-order valence-corrected chi connectivity index (χ0v) is 14.6. The summed E-state index contributed by atoms with van der Waals surface area (Å²) >= 11 is 0. The maximum Gasteiger partial charge on any atom is 0.0977 e. The SMILES string of the molecule is CC1=CCC[C@@]2(C)O[C@H]2CC/C(C)=C/[C@@H]2OCC(C)=C2CC1. The number of allylic oxidation sites excluding steroid dienone is 3. The number of rotatable bonds is 0. The van der Waals surface area contributed by atoms with Gasteiger partial charge < -0.3 is 9.47 Å². The van der Waals surface area contributed by atoms with Gasteiger partial charge in [0.2, 0.25) is 0 Å². The van der Waals surface area contributed by atoms with Crippen LogP contribution >= 0.6 is 0 Å². The van der Waals surface area contributed by atoms with Crippen LogP contribution in [-0.4, -0.2) is 24.4 Å². The van der Waals surface area contributed by atoms with E-state index in [1.54, 1.807) is 0 Å². The summed E-state index contributed by atoms with van der Waals surface area (Å²) in [6.45, 7) is 9.81. The summed E-state index contributed by atoms with van der Waals surface area (Å²) in [4.78, 5) is 0. The van der Waals surface area contributed by atoms with Gasteiger partial charge in [-0.25, -0.2) is 0 Å². The zero-order valence-electron chi connectivity index (χ0n) is 14.6. The first-order chi connectivity index (χ1) is 10.5. The van der Waals surface area contributed by atoms with Crippen LogP contribution in [0.5, 0.6) is 0 Å². The molecule has 2 heterocycles. The van der Waals surface area contributed by atoms with E-state index in [0.717, 1.165) is 45.1 Å². The molecule has 0 unspecified atom stereocenters. The number of ether oxygens (including phenoxy) is 2. The molecule has 0 spiro atoms. The normalized spacial score (nSPS) is 39.3. The van der Waals surface area contributed by atoms with Gasteiger partial charge in [-0.2, -0.15) is 0 Å². The molecule has 0 N–H and O–H groups in total. The lowest BCUT2D eigenvalue weighted by Crippen LogP contribution is -2.11. The van der Waals surface area contributed by atoms with Crippen LogP contribution in [0.1, 0.15) is 66.2 Å². The molecule has 122 valence electrons. The molecule has 0 aromatic rings. The van der Waals surface area contributed by atoms with Crippen LogP contribution in [0.2, 0.25) is 0 Å². The molecule has 3 atom stereocenters. The van der Waals surface area contributed by atoms with E-state index in [2.05, 4.69) is 39.8 Å². The van der Waals surface area contributed by atoms with Gasteiger partial charge in [0.05, 0.1) is 24.4 Å². The molecule has 1 aliphatic carbocycles. The van der Waals surface area contributed by atoms with Crippen LogP contribution in [0.3, 0.4) is 0 Å². The minimum absolute atomic E-state index is 0.132. The van der Waals surface area contributed by atoms with Crippen LogP contribution in [-0.2, 0) is 9.47 Å². The molecule has 0 aromatic heterocycles. The predicted octanol–water partition coefficient (Wildman–Crippen LogP) is 5.11. The van der Waals surface area contributed by atoms with E-state index in [1.165, 1.54) is 22.3 Å². The van der Waals surface area contributed by atoms with E-state index in [-0.39, 0.29) is 11.7 Å². The topological polar surface area (TPSA) is 21.8 Å². The van der Waals surface area contributed by atoms with Crippen molar-refractivity contribution in [1.82, 2.24) is 0 Å². The Hall–Kier alpha value is -0.860. The van der Waals surface area contributed by atoms with Crippen LogP contribution in [0.4, 0.5) is 0 Å². The lowest BCUT2D eigenvalue weighted by molar-refractivity contribution is 0.150. The molecule has 0 saturated carbocycles. The highest BCUT2D eigenvalue weighted by Gasteiger charge is 2.50. The second-order valence-electron chi connectivity index (χ2n) is 7.60. The van der Waals surface area contributed by atoms with Crippen molar-refractivity contribution in [3.05, 3.63) is 34.4 Å². The molecule has 1 fully saturated rings. The molecule has 0 aromatic carbocycles. The number of hydrogen-bond acceptors (Lipinski definition) is 2. The van der Waals surface area contributed by atoms with Gasteiger partial charge in [-0.3, -0.25) is 0 Å². The lowest BCUT2D eigenvalue weighted by atomic mass is 9.93. The Morgan fingerprint density at radius 2 is 1.91 bits per heavy atom. The molecule has 0 amide bonds. The molecule has 2 aliphatic heterocycles. The highest BCUT2D eigenvalue weighted by Crippen LogP contribution is 2.43. The third-order valence-corrected chi connectivity index (χ3v) is 5.57. The van der Waals surface area contributed by atoms with Gasteiger partial charge >= 0.3 is 0 Å². The van der Waals surface area contributed by atoms with Crippen LogP contribution in [0.15, 0.2) is 34.4 Å². The van der Waals surface area contributed by atoms with Crippen LogP contribution in [0.25, 0.3) is 0 Å². The van der Waals surface area contributed by atoms with Gasteiger partial charge in [-0.1, -0.05) is 23.3 Å². The van der Waals surface area contributed by atoms with E-state index in [0.29, 0.717) is 6.10 Å². The van der Waals surface area contributed by atoms with Crippen LogP contribution < -0.4 is 0 Å². The number of epoxide rings is 1. The Labute approximate surface area is 135 Å². The smallest absolute Gasteiger partial charge is 0.0977 e. The molecular formula is C20H30O2. The van der Waals surface area contributed by atoms with Crippen molar-refractivity contribution in [2.75, 3.05) is 6.61 Å². The van der Waals surface area contributed by atoms with Gasteiger partial charge in [0.25, 0.3) is 0 Å². The van der Waals surface area contributed by atoms with E-state index >= 15 is 0 Å². The molecule has 3 aliphatic rings. The second-order valence-corrected chi connectivity index (χ2v) is 7.60. The standard InChI is InChI=1S/C20H30O2/c1-14-6-5-11-20(4)19(22-20)10-8-15(2)12-18-17(9-7-14)16(3)13-21-18/h6,12,18-19H,5,7-11,13H2,1-4H3/b14-6?,15-12+/t18-,19-,20+/m0/s1. The molecular weight excluding hydrogens is 272 g/mol. The average Bonchev–Trinajstić information content (AvgIpc) is 2.98. The highest BCUT2D eigenvalue weighted by molar-refractivity contribution is 5.29. The maximum atomic E-state index is 5.99. The van der Waals surface area contributed by atoms with Gasteiger partial charge in [-0.05, 0) is 77.4 Å². The summed E-state index contributed by atoms with van der Waals surface area (Å²) < 4.78 is 12.0. The molecule has 1 saturated heterocycles. The third kappa shape index (κ3) is 3.55. The first-order valence-electron chi connectivity index (χ1n) is 8.79. The first-order valence-corrected chi connectivity index (χ1v) is 8.79. The van der Waals surface area contributed by atoms with Gasteiger partial charge in [0, 0.05) is 0 Å². The van der Waals surface area contributed by atoms with Crippen molar-refractivity contribution in [3.8, 4) is 0 Å². The fourth-order valence-corrected chi connectivity index (χ4v) is 3.77. The predicted molar refractivity (Wildman–Crippen MR) is 90.9 cm³/mol. The molecule has 22 heavy (non-hydrogen) atoms. The van der Waals surface area contributed by atoms with Crippen molar-refractivity contribution >= 4 is 0 Å². The monoisotopic (exact) mass is 302 g/mol. The average molecular weight is 302 g/mol. The summed E-state index contributed by atoms with van der Waals surface area (Å²) in [5.74, 6) is 0. The third-order valence-electron chi connectivity index (χ3n) is 5.57. The van der Waals surface area contributed by atoms with E-state index in [1.807, 2.05) is 0 Å². The van der Waals surface area contributed by atoms with Crippen molar-refractivity contribution in [3.63, 3.8) is 0 Å². The second kappa shape index (κ2) is 6.33. The molecule has 2 nitrogen and oxygen atoms in total. The van der Waals surface area contributed by atoms with Gasteiger partial charge in [0.1, 0.15) is 0 Å². The Kier molecular flexibility index (Phi) is 4.61. The largest absolute Gasteiger partial charge is 0.366 e. The molecule has 0 radical (unpaired) electrons. The molecule has 0 bridgehead atoms. The van der Waals surface area contributed by atoms with Crippen molar-refractivity contribution < 1.29 is 9.47 Å². The van der Waals surface area contributed by atoms with Crippen molar-refractivity contribution in [2.24, 2.45) is 0 Å². The number of hydrogen-bond donors (Lipinski definition) is 0.